The van der Waals surface area contributed by atoms with Crippen LogP contribution in [0.1, 0.15) is 47.9 Å². The van der Waals surface area contributed by atoms with E-state index in [9.17, 15) is 9.18 Å². The van der Waals surface area contributed by atoms with Crippen LogP contribution in [0.25, 0.3) is 22.4 Å². The number of amidine groups is 1. The molecule has 0 spiro atoms. The van der Waals surface area contributed by atoms with Crippen molar-refractivity contribution in [1.29, 1.82) is 5.41 Å². The molecule has 4 aromatic rings. The Morgan fingerprint density at radius 3 is 2.84 bits per heavy atom. The van der Waals surface area contributed by atoms with Crippen LogP contribution in [-0.2, 0) is 0 Å². The molecule has 0 radical (unpaired) electrons. The van der Waals surface area contributed by atoms with Crippen LogP contribution >= 0.6 is 11.6 Å². The number of carbonyl (C=O) groups is 1. The van der Waals surface area contributed by atoms with Crippen LogP contribution in [0.4, 0.5) is 4.39 Å². The van der Waals surface area contributed by atoms with Gasteiger partial charge in [-0.3, -0.25) is 20.2 Å². The number of pyridine rings is 2. The zero-order chi connectivity index (χ0) is 25.9. The number of nitrogens with one attached hydrogen (secondary N) is 2. The quantitative estimate of drug-likeness (QED) is 0.255. The molecule has 1 aromatic carbocycles. The third-order valence-corrected chi connectivity index (χ3v) is 6.69. The minimum Gasteiger partial charge on any atom is -0.382 e. The molecule has 5 rings (SSSR count). The number of halogens is 2. The Morgan fingerprint density at radius 1 is 1.22 bits per heavy atom. The van der Waals surface area contributed by atoms with Crippen LogP contribution < -0.4 is 11.1 Å². The van der Waals surface area contributed by atoms with E-state index in [0.717, 1.165) is 31.1 Å². The van der Waals surface area contributed by atoms with E-state index in [1.54, 1.807) is 36.5 Å². The number of amides is 1. The average Bonchev–Trinajstić information content (AvgIpc) is 3.28. The Balaban J connectivity index is 1.54. The van der Waals surface area contributed by atoms with Gasteiger partial charge in [-0.15, -0.1) is 0 Å². The lowest BCUT2D eigenvalue weighted by Crippen LogP contribution is -2.39. The number of nitrogens with two attached hydrogens (primary N) is 1. The smallest absolute Gasteiger partial charge is 0.270 e. The maximum atomic E-state index is 14.9. The zero-order valence-corrected chi connectivity index (χ0v) is 20.5. The molecule has 3 heterocycles. The number of hydrogen-bond donors (Lipinski definition) is 3. The lowest BCUT2D eigenvalue weighted by molar-refractivity contribution is 0.0916. The summed E-state index contributed by atoms with van der Waals surface area (Å²) in [6.07, 6.45) is 7.01. The highest BCUT2D eigenvalue weighted by molar-refractivity contribution is 6.30. The van der Waals surface area contributed by atoms with E-state index < -0.39 is 0 Å². The van der Waals surface area contributed by atoms with Crippen molar-refractivity contribution < 1.29 is 9.18 Å². The first kappa shape index (κ1) is 24.5. The SMILES string of the molecule is N=CN=C(N)c1cc2c(cn1)nc(-c1ccccc1F)n2C1CCCC(NC(=O)c2cc(Cl)ccn2)C1. The fraction of sp³-hybridized carbons (Fsp3) is 0.231. The zero-order valence-electron chi connectivity index (χ0n) is 19.7. The number of fused-ring (bicyclic) bond motifs is 1. The van der Waals surface area contributed by atoms with Gasteiger partial charge in [-0.1, -0.05) is 23.7 Å². The van der Waals surface area contributed by atoms with Gasteiger partial charge in [0.05, 0.1) is 17.3 Å². The minimum atomic E-state index is -0.384. The topological polar surface area (TPSA) is 135 Å². The normalized spacial score (nSPS) is 18.1. The third-order valence-electron chi connectivity index (χ3n) is 6.46. The van der Waals surface area contributed by atoms with Gasteiger partial charge >= 0.3 is 0 Å². The number of hydrogen-bond acceptors (Lipinski definition) is 5. The van der Waals surface area contributed by atoms with Crippen LogP contribution in [0.5, 0.6) is 0 Å². The molecule has 2 unspecified atom stereocenters. The number of benzene rings is 1. The Hall–Kier alpha value is -4.18. The lowest BCUT2D eigenvalue weighted by atomic mass is 9.90. The maximum Gasteiger partial charge on any atom is 0.270 e. The summed E-state index contributed by atoms with van der Waals surface area (Å²) in [6, 6.07) is 11.2. The molecule has 1 saturated carbocycles. The van der Waals surface area contributed by atoms with Crippen molar-refractivity contribution >= 4 is 40.7 Å². The first-order valence-electron chi connectivity index (χ1n) is 11.8. The molecule has 9 nitrogen and oxygen atoms in total. The lowest BCUT2D eigenvalue weighted by Gasteiger charge is -2.32. The van der Waals surface area contributed by atoms with Crippen molar-refractivity contribution in [3.63, 3.8) is 0 Å². The monoisotopic (exact) mass is 518 g/mol. The molecule has 0 saturated heterocycles. The van der Waals surface area contributed by atoms with Crippen molar-refractivity contribution in [1.82, 2.24) is 24.8 Å². The maximum absolute atomic E-state index is 14.9. The number of aliphatic imine (C=N–C) groups is 1. The van der Waals surface area contributed by atoms with Gasteiger partial charge in [-0.2, -0.15) is 0 Å². The highest BCUT2D eigenvalue weighted by Gasteiger charge is 2.29. The Morgan fingerprint density at radius 2 is 2.05 bits per heavy atom. The van der Waals surface area contributed by atoms with E-state index in [1.807, 2.05) is 4.57 Å². The second-order valence-electron chi connectivity index (χ2n) is 8.84. The van der Waals surface area contributed by atoms with Crippen LogP contribution in [-0.4, -0.2) is 43.6 Å². The summed E-state index contributed by atoms with van der Waals surface area (Å²) in [5.41, 5.74) is 8.32. The standard InChI is InChI=1S/C26H24ClFN8O/c27-15-8-9-31-21(10-15)26(37)34-16-4-3-5-17(11-16)36-23-12-20(24(30)33-14-29)32-13-22(23)35-25(36)18-6-1-2-7-19(18)28/h1-2,6-10,12-14,16-17H,3-5,11H2,(H,34,37)(H3,29,30,33). The molecular formula is C26H24ClFN8O. The highest BCUT2D eigenvalue weighted by atomic mass is 35.5. The molecule has 1 aliphatic rings. The summed E-state index contributed by atoms with van der Waals surface area (Å²) in [5.74, 6) is -0.104. The van der Waals surface area contributed by atoms with E-state index in [1.165, 1.54) is 18.3 Å². The van der Waals surface area contributed by atoms with Gasteiger partial charge < -0.3 is 15.6 Å². The fourth-order valence-electron chi connectivity index (χ4n) is 4.79. The molecule has 37 heavy (non-hydrogen) atoms. The summed E-state index contributed by atoms with van der Waals surface area (Å²) in [4.78, 5) is 29.8. The number of aromatic nitrogens is 4. The third kappa shape index (κ3) is 5.05. The molecule has 1 amide bonds. The van der Waals surface area contributed by atoms with Crippen molar-refractivity contribution in [3.05, 3.63) is 77.1 Å². The molecule has 1 aliphatic carbocycles. The average molecular weight is 519 g/mol. The van der Waals surface area contributed by atoms with Gasteiger partial charge in [0.15, 0.2) is 5.84 Å². The summed E-state index contributed by atoms with van der Waals surface area (Å²) in [6.45, 7) is 0. The predicted octanol–water partition coefficient (Wildman–Crippen LogP) is 4.51. The number of nitrogens with zero attached hydrogens (tertiary/aromatic N) is 5. The van der Waals surface area contributed by atoms with E-state index >= 15 is 0 Å². The van der Waals surface area contributed by atoms with Gasteiger partial charge in [-0.25, -0.2) is 14.4 Å². The van der Waals surface area contributed by atoms with Crippen molar-refractivity contribution in [2.24, 2.45) is 10.7 Å². The summed E-state index contributed by atoms with van der Waals surface area (Å²) in [7, 11) is 0. The predicted molar refractivity (Wildman–Crippen MR) is 140 cm³/mol. The number of rotatable bonds is 6. The molecule has 11 heteroatoms. The largest absolute Gasteiger partial charge is 0.382 e. The molecule has 0 aliphatic heterocycles. The van der Waals surface area contributed by atoms with Crippen molar-refractivity contribution in [2.45, 2.75) is 37.8 Å². The molecule has 0 bridgehead atoms. The first-order chi connectivity index (χ1) is 17.9. The van der Waals surface area contributed by atoms with Crippen molar-refractivity contribution in [2.75, 3.05) is 0 Å². The number of imidazole rings is 1. The summed E-state index contributed by atoms with van der Waals surface area (Å²) >= 11 is 6.03. The molecule has 2 atom stereocenters. The van der Waals surface area contributed by atoms with Gasteiger partial charge in [0.25, 0.3) is 5.91 Å². The van der Waals surface area contributed by atoms with Gasteiger partial charge in [-0.05, 0) is 56.0 Å². The molecule has 3 aromatic heterocycles. The second kappa shape index (κ2) is 10.4. The highest BCUT2D eigenvalue weighted by Crippen LogP contribution is 2.37. The Bertz CT molecular complexity index is 1520. The molecule has 1 fully saturated rings. The van der Waals surface area contributed by atoms with E-state index in [2.05, 4.69) is 20.3 Å². The van der Waals surface area contributed by atoms with E-state index in [4.69, 9.17) is 27.7 Å². The summed E-state index contributed by atoms with van der Waals surface area (Å²) in [5, 5.41) is 10.7. The van der Waals surface area contributed by atoms with Gasteiger partial charge in [0.1, 0.15) is 34.9 Å². The first-order valence-corrected chi connectivity index (χ1v) is 12.2. The Kier molecular flexibility index (Phi) is 6.91. The van der Waals surface area contributed by atoms with Gasteiger partial charge in [0, 0.05) is 23.3 Å². The minimum absolute atomic E-state index is 0.0814. The van der Waals surface area contributed by atoms with Crippen molar-refractivity contribution in [3.8, 4) is 11.4 Å². The van der Waals surface area contributed by atoms with Crippen LogP contribution in [0.2, 0.25) is 5.02 Å². The molecule has 188 valence electrons. The van der Waals surface area contributed by atoms with E-state index in [-0.39, 0.29) is 35.3 Å². The molecule has 4 N–H and O–H groups in total. The fourth-order valence-corrected chi connectivity index (χ4v) is 4.95. The van der Waals surface area contributed by atoms with Gasteiger partial charge in [0.2, 0.25) is 0 Å². The molecular weight excluding hydrogens is 495 g/mol. The van der Waals surface area contributed by atoms with Crippen LogP contribution in [0.15, 0.2) is 59.9 Å². The Labute approximate surface area is 217 Å². The van der Waals surface area contributed by atoms with E-state index in [0.29, 0.717) is 34.0 Å². The van der Waals surface area contributed by atoms with Crippen LogP contribution in [0, 0.1) is 11.2 Å². The number of carbonyl (C=O) groups excluding carboxylic acids is 1. The second-order valence-corrected chi connectivity index (χ2v) is 9.27. The van der Waals surface area contributed by atoms with Crippen LogP contribution in [0.3, 0.4) is 0 Å². The summed E-state index contributed by atoms with van der Waals surface area (Å²) < 4.78 is 16.9.